The second-order valence-electron chi connectivity index (χ2n) is 4.49. The molecule has 0 aromatic heterocycles. The van der Waals surface area contributed by atoms with E-state index in [1.807, 2.05) is 30.3 Å². The molecule has 2 aromatic carbocycles. The summed E-state index contributed by atoms with van der Waals surface area (Å²) < 4.78 is 28.3. The van der Waals surface area contributed by atoms with Crippen LogP contribution in [0.3, 0.4) is 0 Å². The molecule has 21 heavy (non-hydrogen) atoms. The van der Waals surface area contributed by atoms with Crippen molar-refractivity contribution >= 4 is 11.6 Å². The topological polar surface area (TPSA) is 29.5 Å². The predicted octanol–water partition coefficient (Wildman–Crippen LogP) is 3.49. The lowest BCUT2D eigenvalue weighted by Gasteiger charge is -2.17. The number of amides is 1. The molecular weight excluding hydrogens is 276 g/mol. The van der Waals surface area contributed by atoms with E-state index in [4.69, 9.17) is 0 Å². The minimum atomic E-state index is -2.85. The Kier molecular flexibility index (Phi) is 4.87. The van der Waals surface area contributed by atoms with E-state index >= 15 is 0 Å². The SMILES string of the molecule is CN(C(=O)Cc1ccc(OC(F)F)cc1)c1ccccc1. The maximum Gasteiger partial charge on any atom is 0.387 e. The Bertz CT molecular complexity index is 585. The van der Waals surface area contributed by atoms with Gasteiger partial charge in [-0.25, -0.2) is 0 Å². The smallest absolute Gasteiger partial charge is 0.387 e. The largest absolute Gasteiger partial charge is 0.435 e. The van der Waals surface area contributed by atoms with Crippen LogP contribution in [0.2, 0.25) is 0 Å². The molecule has 0 fully saturated rings. The fourth-order valence-electron chi connectivity index (χ4n) is 1.88. The molecule has 0 bridgehead atoms. The summed E-state index contributed by atoms with van der Waals surface area (Å²) in [7, 11) is 1.70. The average molecular weight is 291 g/mol. The van der Waals surface area contributed by atoms with E-state index in [-0.39, 0.29) is 18.1 Å². The first kappa shape index (κ1) is 15.0. The number of ether oxygens (including phenoxy) is 1. The molecule has 0 saturated carbocycles. The van der Waals surface area contributed by atoms with Crippen LogP contribution in [0.4, 0.5) is 14.5 Å². The third-order valence-electron chi connectivity index (χ3n) is 3.02. The van der Waals surface area contributed by atoms with Crippen LogP contribution in [0.1, 0.15) is 5.56 Å². The van der Waals surface area contributed by atoms with Gasteiger partial charge in [-0.3, -0.25) is 4.79 Å². The van der Waals surface area contributed by atoms with E-state index in [1.54, 1.807) is 24.1 Å². The molecular formula is C16H15F2NO2. The second-order valence-corrected chi connectivity index (χ2v) is 4.49. The van der Waals surface area contributed by atoms with E-state index < -0.39 is 6.61 Å². The molecule has 0 radical (unpaired) electrons. The van der Waals surface area contributed by atoms with E-state index in [0.29, 0.717) is 0 Å². The molecule has 2 aromatic rings. The molecule has 0 heterocycles. The van der Waals surface area contributed by atoms with Gasteiger partial charge >= 0.3 is 6.61 Å². The lowest BCUT2D eigenvalue weighted by Crippen LogP contribution is -2.27. The van der Waals surface area contributed by atoms with Crippen LogP contribution < -0.4 is 9.64 Å². The van der Waals surface area contributed by atoms with Gasteiger partial charge in [0.15, 0.2) is 0 Å². The van der Waals surface area contributed by atoms with Gasteiger partial charge in [-0.15, -0.1) is 0 Å². The summed E-state index contributed by atoms with van der Waals surface area (Å²) in [6, 6.07) is 15.3. The Labute approximate surface area is 121 Å². The lowest BCUT2D eigenvalue weighted by atomic mass is 10.1. The highest BCUT2D eigenvalue weighted by atomic mass is 19.3. The van der Waals surface area contributed by atoms with Crippen LogP contribution in [0.15, 0.2) is 54.6 Å². The number of carbonyl (C=O) groups excluding carboxylic acids is 1. The van der Waals surface area contributed by atoms with Gasteiger partial charge in [-0.1, -0.05) is 30.3 Å². The third kappa shape index (κ3) is 4.27. The van der Waals surface area contributed by atoms with Crippen LogP contribution in [0.25, 0.3) is 0 Å². The van der Waals surface area contributed by atoms with Gasteiger partial charge in [-0.05, 0) is 29.8 Å². The molecule has 0 unspecified atom stereocenters. The Morgan fingerprint density at radius 2 is 1.71 bits per heavy atom. The van der Waals surface area contributed by atoms with Gasteiger partial charge < -0.3 is 9.64 Å². The monoisotopic (exact) mass is 291 g/mol. The number of likely N-dealkylation sites (N-methyl/N-ethyl adjacent to an activating group) is 1. The first-order chi connectivity index (χ1) is 10.1. The van der Waals surface area contributed by atoms with Crippen molar-refractivity contribution in [2.75, 3.05) is 11.9 Å². The first-order valence-corrected chi connectivity index (χ1v) is 6.41. The number of carbonyl (C=O) groups is 1. The molecule has 0 N–H and O–H groups in total. The van der Waals surface area contributed by atoms with Crippen molar-refractivity contribution in [1.29, 1.82) is 0 Å². The highest BCUT2D eigenvalue weighted by Crippen LogP contribution is 2.17. The van der Waals surface area contributed by atoms with Gasteiger partial charge in [0, 0.05) is 12.7 Å². The van der Waals surface area contributed by atoms with Gasteiger partial charge in [0.05, 0.1) is 6.42 Å². The second kappa shape index (κ2) is 6.83. The molecule has 3 nitrogen and oxygen atoms in total. The number of rotatable bonds is 5. The van der Waals surface area contributed by atoms with Gasteiger partial charge in [0.25, 0.3) is 0 Å². The van der Waals surface area contributed by atoms with E-state index in [2.05, 4.69) is 4.74 Å². The number of alkyl halides is 2. The van der Waals surface area contributed by atoms with E-state index in [1.165, 1.54) is 12.1 Å². The van der Waals surface area contributed by atoms with Gasteiger partial charge in [-0.2, -0.15) is 8.78 Å². The number of nitrogens with zero attached hydrogens (tertiary/aromatic N) is 1. The fraction of sp³-hybridized carbons (Fsp3) is 0.188. The molecule has 1 amide bonds. The quantitative estimate of drug-likeness (QED) is 0.844. The number of para-hydroxylation sites is 1. The minimum Gasteiger partial charge on any atom is -0.435 e. The van der Waals surface area contributed by atoms with Gasteiger partial charge in [0.2, 0.25) is 5.91 Å². The zero-order valence-corrected chi connectivity index (χ0v) is 11.5. The molecule has 2 rings (SSSR count). The number of hydrogen-bond acceptors (Lipinski definition) is 2. The van der Waals surface area contributed by atoms with Crippen molar-refractivity contribution in [2.45, 2.75) is 13.0 Å². The van der Waals surface area contributed by atoms with Crippen molar-refractivity contribution in [1.82, 2.24) is 0 Å². The maximum absolute atomic E-state index is 12.2. The van der Waals surface area contributed by atoms with Crippen LogP contribution >= 0.6 is 0 Å². The molecule has 5 heteroatoms. The van der Waals surface area contributed by atoms with Crippen LogP contribution in [-0.4, -0.2) is 19.6 Å². The van der Waals surface area contributed by atoms with Crippen LogP contribution in [0, 0.1) is 0 Å². The molecule has 0 atom stereocenters. The molecule has 0 aliphatic rings. The Morgan fingerprint density at radius 3 is 2.29 bits per heavy atom. The third-order valence-corrected chi connectivity index (χ3v) is 3.02. The van der Waals surface area contributed by atoms with Crippen molar-refractivity contribution in [2.24, 2.45) is 0 Å². The summed E-state index contributed by atoms with van der Waals surface area (Å²) in [6.45, 7) is -2.85. The summed E-state index contributed by atoms with van der Waals surface area (Å²) >= 11 is 0. The van der Waals surface area contributed by atoms with Crippen LogP contribution in [0.5, 0.6) is 5.75 Å². The van der Waals surface area contributed by atoms with Crippen molar-refractivity contribution in [3.8, 4) is 5.75 Å². The lowest BCUT2D eigenvalue weighted by molar-refractivity contribution is -0.117. The zero-order chi connectivity index (χ0) is 15.2. The Morgan fingerprint density at radius 1 is 1.10 bits per heavy atom. The van der Waals surface area contributed by atoms with Crippen molar-refractivity contribution < 1.29 is 18.3 Å². The summed E-state index contributed by atoms with van der Waals surface area (Å²) in [5, 5.41) is 0. The molecule has 0 saturated heterocycles. The summed E-state index contributed by atoms with van der Waals surface area (Å²) in [5.74, 6) is 0.00124. The van der Waals surface area contributed by atoms with E-state index in [0.717, 1.165) is 11.3 Å². The standard InChI is InChI=1S/C16H15F2NO2/c1-19(13-5-3-2-4-6-13)15(20)11-12-7-9-14(10-8-12)21-16(17)18/h2-10,16H,11H2,1H3. The zero-order valence-electron chi connectivity index (χ0n) is 11.5. The molecule has 0 aliphatic heterocycles. The normalized spacial score (nSPS) is 10.5. The maximum atomic E-state index is 12.2. The fourth-order valence-corrected chi connectivity index (χ4v) is 1.88. The van der Waals surface area contributed by atoms with Gasteiger partial charge in [0.1, 0.15) is 5.75 Å². The van der Waals surface area contributed by atoms with Crippen molar-refractivity contribution in [3.63, 3.8) is 0 Å². The first-order valence-electron chi connectivity index (χ1n) is 6.41. The highest BCUT2D eigenvalue weighted by Gasteiger charge is 2.11. The van der Waals surface area contributed by atoms with E-state index in [9.17, 15) is 13.6 Å². The molecule has 0 aliphatic carbocycles. The minimum absolute atomic E-state index is 0.0799. The summed E-state index contributed by atoms with van der Waals surface area (Å²) in [6.07, 6.45) is 0.195. The molecule has 0 spiro atoms. The summed E-state index contributed by atoms with van der Waals surface area (Å²) in [4.78, 5) is 13.7. The predicted molar refractivity (Wildman–Crippen MR) is 76.6 cm³/mol. The number of hydrogen-bond donors (Lipinski definition) is 0. The molecule has 110 valence electrons. The Hall–Kier alpha value is -2.43. The number of halogens is 2. The number of anilines is 1. The highest BCUT2D eigenvalue weighted by molar-refractivity contribution is 5.94. The number of benzene rings is 2. The van der Waals surface area contributed by atoms with Crippen molar-refractivity contribution in [3.05, 3.63) is 60.2 Å². The average Bonchev–Trinajstić information content (AvgIpc) is 2.49. The Balaban J connectivity index is 1.99. The van der Waals surface area contributed by atoms with Crippen LogP contribution in [-0.2, 0) is 11.2 Å². The summed E-state index contributed by atoms with van der Waals surface area (Å²) in [5.41, 5.74) is 1.55.